The summed E-state index contributed by atoms with van der Waals surface area (Å²) in [5, 5.41) is 8.95. The molecule has 12 nitrogen and oxygen atoms in total. The maximum absolute atomic E-state index is 8.95. The first kappa shape index (κ1) is 36.0. The fourth-order valence-electron chi connectivity index (χ4n) is 4.93. The third-order valence-corrected chi connectivity index (χ3v) is 7.25. The number of hydrogen-bond acceptors (Lipinski definition) is 12. The first-order chi connectivity index (χ1) is 20.8. The molecule has 3 rings (SSSR count). The van der Waals surface area contributed by atoms with Gasteiger partial charge in [0.25, 0.3) is 0 Å². The van der Waals surface area contributed by atoms with Gasteiger partial charge in [-0.2, -0.15) is 0 Å². The molecule has 0 aliphatic carbocycles. The maximum Gasteiger partial charge on any atom is 0.157 e. The lowest BCUT2D eigenvalue weighted by Gasteiger charge is -2.33. The van der Waals surface area contributed by atoms with Crippen molar-refractivity contribution in [1.82, 2.24) is 0 Å². The Morgan fingerprint density at radius 2 is 0.810 bits per heavy atom. The third-order valence-electron chi connectivity index (χ3n) is 7.25. The smallest absolute Gasteiger partial charge is 0.157 e. The first-order valence-electron chi connectivity index (χ1n) is 16.0. The van der Waals surface area contributed by atoms with Crippen LogP contribution >= 0.6 is 0 Å². The number of hydrogen-bond donors (Lipinski definition) is 1. The van der Waals surface area contributed by atoms with Gasteiger partial charge in [-0.25, -0.2) is 0 Å². The fourth-order valence-corrected chi connectivity index (χ4v) is 4.93. The van der Waals surface area contributed by atoms with Crippen LogP contribution in [0.5, 0.6) is 0 Å². The molecule has 0 bridgehead atoms. The van der Waals surface area contributed by atoms with E-state index in [9.17, 15) is 0 Å². The van der Waals surface area contributed by atoms with Crippen LogP contribution in [0.25, 0.3) is 0 Å². The van der Waals surface area contributed by atoms with Crippen molar-refractivity contribution in [3.05, 3.63) is 0 Å². The average Bonchev–Trinajstić information content (AvgIpc) is 3.03. The zero-order valence-electron chi connectivity index (χ0n) is 25.6. The van der Waals surface area contributed by atoms with Crippen molar-refractivity contribution in [2.24, 2.45) is 5.41 Å². The molecule has 0 aromatic carbocycles. The van der Waals surface area contributed by atoms with Crippen LogP contribution in [0.4, 0.5) is 0 Å². The molecule has 3 unspecified atom stereocenters. The second-order valence-electron chi connectivity index (χ2n) is 11.0. The maximum atomic E-state index is 8.95. The Morgan fingerprint density at radius 1 is 0.452 bits per heavy atom. The SMILES string of the molecule is OCCOCCOCC(COCCOC1CCCCO1)(COCCOC1CCCCO1)COCCOC1CCCCO1. The van der Waals surface area contributed by atoms with Crippen LogP contribution in [0.3, 0.4) is 0 Å². The van der Waals surface area contributed by atoms with E-state index in [1.54, 1.807) is 0 Å². The quantitative estimate of drug-likeness (QED) is 0.153. The normalized spacial score (nSPS) is 24.9. The molecule has 0 aromatic rings. The van der Waals surface area contributed by atoms with E-state index >= 15 is 0 Å². The van der Waals surface area contributed by atoms with E-state index in [1.807, 2.05) is 0 Å². The zero-order valence-corrected chi connectivity index (χ0v) is 25.6. The molecule has 12 heteroatoms. The zero-order chi connectivity index (χ0) is 29.4. The molecule has 0 radical (unpaired) electrons. The second kappa shape index (κ2) is 23.8. The van der Waals surface area contributed by atoms with E-state index < -0.39 is 5.41 Å². The van der Waals surface area contributed by atoms with Crippen molar-refractivity contribution < 1.29 is 57.2 Å². The number of aliphatic hydroxyl groups excluding tert-OH is 1. The van der Waals surface area contributed by atoms with Gasteiger partial charge in [-0.15, -0.1) is 0 Å². The van der Waals surface area contributed by atoms with Crippen LogP contribution in [-0.2, 0) is 52.1 Å². The molecule has 0 spiro atoms. The Labute approximate surface area is 251 Å². The first-order valence-corrected chi connectivity index (χ1v) is 16.0. The van der Waals surface area contributed by atoms with E-state index in [4.69, 9.17) is 57.2 Å². The molecule has 248 valence electrons. The summed E-state index contributed by atoms with van der Waals surface area (Å²) in [6.45, 7) is 7.31. The predicted molar refractivity (Wildman–Crippen MR) is 152 cm³/mol. The molecule has 0 saturated carbocycles. The summed E-state index contributed by atoms with van der Waals surface area (Å²) in [6, 6.07) is 0. The Kier molecular flexibility index (Phi) is 20.4. The van der Waals surface area contributed by atoms with Gasteiger partial charge in [0.2, 0.25) is 0 Å². The summed E-state index contributed by atoms with van der Waals surface area (Å²) in [6.07, 6.45) is 8.91. The van der Waals surface area contributed by atoms with Gasteiger partial charge in [0, 0.05) is 19.8 Å². The summed E-state index contributed by atoms with van der Waals surface area (Å²) >= 11 is 0. The molecule has 1 N–H and O–H groups in total. The number of rotatable bonds is 25. The Balaban J connectivity index is 1.46. The van der Waals surface area contributed by atoms with E-state index in [1.165, 1.54) is 0 Å². The minimum atomic E-state index is -0.568. The van der Waals surface area contributed by atoms with E-state index in [0.29, 0.717) is 79.3 Å². The van der Waals surface area contributed by atoms with Gasteiger partial charge in [0.05, 0.1) is 97.9 Å². The van der Waals surface area contributed by atoms with Gasteiger partial charge in [-0.1, -0.05) is 0 Å². The van der Waals surface area contributed by atoms with Gasteiger partial charge in [0.1, 0.15) is 0 Å². The number of ether oxygens (including phenoxy) is 11. The van der Waals surface area contributed by atoms with Crippen LogP contribution < -0.4 is 0 Å². The summed E-state index contributed by atoms with van der Waals surface area (Å²) in [5.74, 6) is 0. The van der Waals surface area contributed by atoms with Crippen molar-refractivity contribution in [3.63, 3.8) is 0 Å². The summed E-state index contributed by atoms with van der Waals surface area (Å²) in [7, 11) is 0. The minimum absolute atomic E-state index is 0.0185. The van der Waals surface area contributed by atoms with Crippen LogP contribution in [0.15, 0.2) is 0 Å². The van der Waals surface area contributed by atoms with Gasteiger partial charge >= 0.3 is 0 Å². The molecule has 0 aromatic heterocycles. The highest BCUT2D eigenvalue weighted by atomic mass is 16.7. The summed E-state index contributed by atoms with van der Waals surface area (Å²) < 4.78 is 64.1. The monoisotopic (exact) mass is 608 g/mol. The highest BCUT2D eigenvalue weighted by molar-refractivity contribution is 4.79. The molecule has 3 aliphatic heterocycles. The van der Waals surface area contributed by atoms with Crippen LogP contribution in [0.2, 0.25) is 0 Å². The second-order valence-corrected chi connectivity index (χ2v) is 11.0. The minimum Gasteiger partial charge on any atom is -0.394 e. The fraction of sp³-hybridized carbons (Fsp3) is 1.00. The highest BCUT2D eigenvalue weighted by Crippen LogP contribution is 2.22. The lowest BCUT2D eigenvalue weighted by atomic mass is 9.92. The standard InChI is InChI=1S/C30H56O12/c31-10-14-32-15-16-33-23-30(24-34-17-20-40-27-7-1-4-11-37-27,25-35-18-21-41-28-8-2-5-12-38-28)26-36-19-22-42-29-9-3-6-13-39-29/h27-29,31H,1-26H2. The summed E-state index contributed by atoms with van der Waals surface area (Å²) in [4.78, 5) is 0. The molecule has 3 aliphatic rings. The molecule has 0 amide bonds. The van der Waals surface area contributed by atoms with Gasteiger partial charge in [0.15, 0.2) is 18.9 Å². The van der Waals surface area contributed by atoms with Crippen molar-refractivity contribution in [2.45, 2.75) is 76.7 Å². The van der Waals surface area contributed by atoms with Crippen LogP contribution in [0.1, 0.15) is 57.8 Å². The topological polar surface area (TPSA) is 122 Å². The highest BCUT2D eigenvalue weighted by Gasteiger charge is 2.33. The summed E-state index contributed by atoms with van der Waals surface area (Å²) in [5.41, 5.74) is -0.568. The van der Waals surface area contributed by atoms with Crippen molar-refractivity contribution in [3.8, 4) is 0 Å². The molecule has 42 heavy (non-hydrogen) atoms. The number of aliphatic hydroxyl groups is 1. The lowest BCUT2D eigenvalue weighted by molar-refractivity contribution is -0.183. The van der Waals surface area contributed by atoms with Crippen molar-refractivity contribution in [2.75, 3.05) is 112 Å². The molecule has 3 heterocycles. The van der Waals surface area contributed by atoms with E-state index in [0.717, 1.165) is 77.6 Å². The lowest BCUT2D eigenvalue weighted by Crippen LogP contribution is -2.43. The van der Waals surface area contributed by atoms with E-state index in [-0.39, 0.29) is 32.1 Å². The van der Waals surface area contributed by atoms with Crippen molar-refractivity contribution >= 4 is 0 Å². The van der Waals surface area contributed by atoms with Crippen molar-refractivity contribution in [1.29, 1.82) is 0 Å². The Hall–Kier alpha value is -0.480. The Bertz CT molecular complexity index is 540. The molecular formula is C30H56O12. The molecule has 3 atom stereocenters. The average molecular weight is 609 g/mol. The van der Waals surface area contributed by atoms with E-state index in [2.05, 4.69) is 0 Å². The molecule has 3 saturated heterocycles. The Morgan fingerprint density at radius 3 is 1.14 bits per heavy atom. The third kappa shape index (κ3) is 16.6. The molecule has 3 fully saturated rings. The van der Waals surface area contributed by atoms with Gasteiger partial charge < -0.3 is 57.2 Å². The largest absolute Gasteiger partial charge is 0.394 e. The van der Waals surface area contributed by atoms with Gasteiger partial charge in [-0.3, -0.25) is 0 Å². The van der Waals surface area contributed by atoms with Crippen LogP contribution in [0, 0.1) is 5.41 Å². The molecular weight excluding hydrogens is 552 g/mol. The van der Waals surface area contributed by atoms with Crippen LogP contribution in [-0.4, -0.2) is 136 Å². The van der Waals surface area contributed by atoms with Gasteiger partial charge in [-0.05, 0) is 57.8 Å². The predicted octanol–water partition coefficient (Wildman–Crippen LogP) is 2.68.